The number of aryl methyl sites for hydroxylation is 1. The van der Waals surface area contributed by atoms with Gasteiger partial charge in [-0.2, -0.15) is 0 Å². The Kier molecular flexibility index (Phi) is 2.67. The maximum Gasteiger partial charge on any atom is 0.259 e. The minimum absolute atomic E-state index is 0.210. The van der Waals surface area contributed by atoms with Gasteiger partial charge < -0.3 is 0 Å². The molecule has 4 rings (SSSR count). The molecule has 0 saturated carbocycles. The fraction of sp³-hybridized carbons (Fsp3) is 0.222. The molecule has 0 saturated heterocycles. The summed E-state index contributed by atoms with van der Waals surface area (Å²) in [6, 6.07) is 14.0. The summed E-state index contributed by atoms with van der Waals surface area (Å²) in [6.45, 7) is 0. The lowest BCUT2D eigenvalue weighted by molar-refractivity contribution is 0.0879. The lowest BCUT2D eigenvalue weighted by atomic mass is 9.77. The van der Waals surface area contributed by atoms with Gasteiger partial charge in [-0.1, -0.05) is 36.4 Å². The van der Waals surface area contributed by atoms with Crippen LogP contribution in [-0.4, -0.2) is 11.8 Å². The van der Waals surface area contributed by atoms with Crippen LogP contribution in [0.5, 0.6) is 0 Å². The van der Waals surface area contributed by atoms with Crippen LogP contribution < -0.4 is 5.32 Å². The number of nitrogens with one attached hydrogen (secondary N) is 1. The molecule has 0 radical (unpaired) electrons. The summed E-state index contributed by atoms with van der Waals surface area (Å²) in [4.78, 5) is 23.9. The van der Waals surface area contributed by atoms with Crippen molar-refractivity contribution in [2.45, 2.75) is 25.2 Å². The molecule has 3 heteroatoms. The van der Waals surface area contributed by atoms with Gasteiger partial charge in [0.2, 0.25) is 0 Å². The van der Waals surface area contributed by atoms with Crippen molar-refractivity contribution in [1.82, 2.24) is 5.32 Å². The highest BCUT2D eigenvalue weighted by Gasteiger charge is 2.33. The van der Waals surface area contributed by atoms with E-state index in [1.54, 1.807) is 6.07 Å². The van der Waals surface area contributed by atoms with Gasteiger partial charge in [-0.05, 0) is 42.0 Å². The Bertz CT molecular complexity index is 764. The van der Waals surface area contributed by atoms with Gasteiger partial charge in [0.25, 0.3) is 11.8 Å². The molecule has 1 aliphatic carbocycles. The summed E-state index contributed by atoms with van der Waals surface area (Å²) < 4.78 is 0. The summed E-state index contributed by atoms with van der Waals surface area (Å²) in [7, 11) is 0. The van der Waals surface area contributed by atoms with Crippen LogP contribution >= 0.6 is 0 Å². The van der Waals surface area contributed by atoms with Crippen LogP contribution in [0.1, 0.15) is 56.2 Å². The third-order valence-corrected chi connectivity index (χ3v) is 4.54. The molecule has 1 heterocycles. The predicted molar refractivity (Wildman–Crippen MR) is 79.5 cm³/mol. The van der Waals surface area contributed by atoms with E-state index in [2.05, 4.69) is 23.5 Å². The summed E-state index contributed by atoms with van der Waals surface area (Å²) in [5.74, 6) is -0.323. The number of carbonyl (C=O) groups excluding carboxylic acids is 2. The van der Waals surface area contributed by atoms with Crippen molar-refractivity contribution in [3.63, 3.8) is 0 Å². The van der Waals surface area contributed by atoms with Gasteiger partial charge in [0.1, 0.15) is 0 Å². The van der Waals surface area contributed by atoms with Gasteiger partial charge in [-0.25, -0.2) is 0 Å². The Morgan fingerprint density at radius 3 is 2.62 bits per heavy atom. The molecule has 2 aromatic rings. The van der Waals surface area contributed by atoms with E-state index >= 15 is 0 Å². The normalized spacial score (nSPS) is 19.9. The Labute approximate surface area is 123 Å². The number of fused-ring (bicyclic) bond motifs is 2. The molecule has 0 fully saturated rings. The van der Waals surface area contributed by atoms with Crippen molar-refractivity contribution in [2.75, 3.05) is 0 Å². The van der Waals surface area contributed by atoms with Gasteiger partial charge in [-0.3, -0.25) is 14.9 Å². The fourth-order valence-corrected chi connectivity index (χ4v) is 3.61. The van der Waals surface area contributed by atoms with Crippen molar-refractivity contribution < 1.29 is 9.59 Å². The number of hydrogen-bond acceptors (Lipinski definition) is 2. The second-order valence-electron chi connectivity index (χ2n) is 5.70. The zero-order valence-electron chi connectivity index (χ0n) is 11.6. The highest BCUT2D eigenvalue weighted by atomic mass is 16.2. The van der Waals surface area contributed by atoms with E-state index in [0.717, 1.165) is 24.8 Å². The summed E-state index contributed by atoms with van der Waals surface area (Å²) in [5.41, 5.74) is 4.73. The molecular formula is C18H15NO2. The summed E-state index contributed by atoms with van der Waals surface area (Å²) in [5, 5.41) is 2.41. The van der Waals surface area contributed by atoms with E-state index < -0.39 is 0 Å². The first-order valence-electron chi connectivity index (χ1n) is 7.32. The molecule has 104 valence electrons. The van der Waals surface area contributed by atoms with E-state index in [0.29, 0.717) is 11.1 Å². The molecule has 2 aromatic carbocycles. The molecule has 1 unspecified atom stereocenters. The molecule has 21 heavy (non-hydrogen) atoms. The molecule has 1 N–H and O–H groups in total. The molecule has 2 amide bonds. The van der Waals surface area contributed by atoms with E-state index in [1.165, 1.54) is 11.1 Å². The standard InChI is InChI=1S/C18H15NO2/c20-17-15-10-4-9-14(16(15)18(21)19-17)13-8-3-6-11-5-1-2-7-12(11)13/h1-2,4-5,7,9-10,13H,3,6,8H2,(H,19,20,21). The largest absolute Gasteiger partial charge is 0.288 e. The summed E-state index contributed by atoms with van der Waals surface area (Å²) in [6.07, 6.45) is 3.22. The molecule has 1 aliphatic heterocycles. The zero-order valence-corrected chi connectivity index (χ0v) is 11.6. The maximum atomic E-state index is 12.1. The smallest absolute Gasteiger partial charge is 0.259 e. The second-order valence-corrected chi connectivity index (χ2v) is 5.70. The Morgan fingerprint density at radius 1 is 0.905 bits per heavy atom. The van der Waals surface area contributed by atoms with Crippen LogP contribution in [0.3, 0.4) is 0 Å². The molecular weight excluding hydrogens is 262 g/mol. The lowest BCUT2D eigenvalue weighted by Gasteiger charge is -2.27. The number of benzene rings is 2. The van der Waals surface area contributed by atoms with Crippen LogP contribution in [0.2, 0.25) is 0 Å². The Balaban J connectivity index is 1.90. The molecule has 0 spiro atoms. The van der Waals surface area contributed by atoms with E-state index in [4.69, 9.17) is 0 Å². The van der Waals surface area contributed by atoms with Crippen LogP contribution in [-0.2, 0) is 6.42 Å². The number of hydrogen-bond donors (Lipinski definition) is 1. The first-order chi connectivity index (χ1) is 10.3. The van der Waals surface area contributed by atoms with Crippen molar-refractivity contribution in [2.24, 2.45) is 0 Å². The van der Waals surface area contributed by atoms with Crippen molar-refractivity contribution in [1.29, 1.82) is 0 Å². The first kappa shape index (κ1) is 12.3. The van der Waals surface area contributed by atoms with Crippen molar-refractivity contribution in [3.8, 4) is 0 Å². The van der Waals surface area contributed by atoms with Gasteiger partial charge in [0.05, 0.1) is 11.1 Å². The lowest BCUT2D eigenvalue weighted by Crippen LogP contribution is -2.21. The number of carbonyl (C=O) groups is 2. The van der Waals surface area contributed by atoms with Gasteiger partial charge in [0.15, 0.2) is 0 Å². The fourth-order valence-electron chi connectivity index (χ4n) is 3.61. The number of imide groups is 1. The van der Waals surface area contributed by atoms with E-state index in [9.17, 15) is 9.59 Å². The van der Waals surface area contributed by atoms with Gasteiger partial charge in [-0.15, -0.1) is 0 Å². The molecule has 0 bridgehead atoms. The Hall–Kier alpha value is -2.42. The van der Waals surface area contributed by atoms with Crippen LogP contribution in [0.15, 0.2) is 42.5 Å². The quantitative estimate of drug-likeness (QED) is 0.814. The van der Waals surface area contributed by atoms with Gasteiger partial charge >= 0.3 is 0 Å². The SMILES string of the molecule is O=C1NC(=O)c2c1cccc2C1CCCc2ccccc21. The van der Waals surface area contributed by atoms with E-state index in [1.807, 2.05) is 18.2 Å². The third-order valence-electron chi connectivity index (χ3n) is 4.54. The van der Waals surface area contributed by atoms with E-state index in [-0.39, 0.29) is 17.7 Å². The zero-order chi connectivity index (χ0) is 14.4. The van der Waals surface area contributed by atoms with Crippen molar-refractivity contribution >= 4 is 11.8 Å². The second kappa shape index (κ2) is 4.55. The number of amides is 2. The molecule has 1 atom stereocenters. The van der Waals surface area contributed by atoms with Crippen molar-refractivity contribution in [3.05, 3.63) is 70.3 Å². The molecule has 2 aliphatic rings. The van der Waals surface area contributed by atoms with Crippen LogP contribution in [0.25, 0.3) is 0 Å². The highest BCUT2D eigenvalue weighted by molar-refractivity contribution is 6.22. The summed E-state index contributed by atoms with van der Waals surface area (Å²) >= 11 is 0. The average molecular weight is 277 g/mol. The number of rotatable bonds is 1. The van der Waals surface area contributed by atoms with Crippen LogP contribution in [0.4, 0.5) is 0 Å². The van der Waals surface area contributed by atoms with Gasteiger partial charge in [0, 0.05) is 5.92 Å². The third kappa shape index (κ3) is 1.81. The predicted octanol–water partition coefficient (Wildman–Crippen LogP) is 3.04. The molecule has 3 nitrogen and oxygen atoms in total. The topological polar surface area (TPSA) is 46.2 Å². The maximum absolute atomic E-state index is 12.1. The Morgan fingerprint density at radius 2 is 1.71 bits per heavy atom. The minimum atomic E-state index is -0.277. The average Bonchev–Trinajstić information content (AvgIpc) is 2.82. The first-order valence-corrected chi connectivity index (χ1v) is 7.32. The molecule has 0 aromatic heterocycles. The van der Waals surface area contributed by atoms with Crippen LogP contribution in [0, 0.1) is 0 Å². The monoisotopic (exact) mass is 277 g/mol. The minimum Gasteiger partial charge on any atom is -0.288 e. The highest BCUT2D eigenvalue weighted by Crippen LogP contribution is 2.39.